The predicted molar refractivity (Wildman–Crippen MR) is 109 cm³/mol. The van der Waals surface area contributed by atoms with Crippen molar-refractivity contribution in [3.05, 3.63) is 46.4 Å². The Morgan fingerprint density at radius 3 is 2.22 bits per heavy atom. The molecule has 2 aromatic rings. The van der Waals surface area contributed by atoms with Gasteiger partial charge in [-0.1, -0.05) is 23.2 Å². The topological polar surface area (TPSA) is 95.6 Å². The highest BCUT2D eigenvalue weighted by atomic mass is 35.5. The van der Waals surface area contributed by atoms with Gasteiger partial charge in [0.1, 0.15) is 4.90 Å². The van der Waals surface area contributed by atoms with Crippen LogP contribution in [0.5, 0.6) is 0 Å². The first-order chi connectivity index (χ1) is 12.5. The van der Waals surface area contributed by atoms with Gasteiger partial charge in [0.15, 0.2) is 0 Å². The van der Waals surface area contributed by atoms with Crippen LogP contribution in [0.1, 0.15) is 6.92 Å². The van der Waals surface area contributed by atoms with Gasteiger partial charge in [0.05, 0.1) is 21.3 Å². The first-order valence-corrected chi connectivity index (χ1v) is 11.4. The van der Waals surface area contributed by atoms with Crippen LogP contribution in [-0.4, -0.2) is 41.8 Å². The Hall–Kier alpha value is -1.52. The highest BCUT2D eigenvalue weighted by molar-refractivity contribution is 7.93. The lowest BCUT2D eigenvalue weighted by molar-refractivity contribution is 0.521. The summed E-state index contributed by atoms with van der Waals surface area (Å²) in [6.45, 7) is 2.34. The van der Waals surface area contributed by atoms with Gasteiger partial charge < -0.3 is 5.32 Å². The first-order valence-electron chi connectivity index (χ1n) is 7.77. The van der Waals surface area contributed by atoms with Gasteiger partial charge in [-0.2, -0.15) is 0 Å². The summed E-state index contributed by atoms with van der Waals surface area (Å²) < 4.78 is 53.8. The molecule has 7 nitrogen and oxygen atoms in total. The zero-order valence-electron chi connectivity index (χ0n) is 14.8. The van der Waals surface area contributed by atoms with E-state index in [0.717, 1.165) is 4.31 Å². The minimum Gasteiger partial charge on any atom is -0.384 e. The lowest BCUT2D eigenvalue weighted by Gasteiger charge is -2.17. The molecule has 2 aromatic carbocycles. The van der Waals surface area contributed by atoms with Crippen LogP contribution < -0.4 is 10.0 Å². The van der Waals surface area contributed by atoms with E-state index < -0.39 is 20.0 Å². The summed E-state index contributed by atoms with van der Waals surface area (Å²) in [6.07, 6.45) is 0. The monoisotopic (exact) mass is 451 g/mol. The lowest BCUT2D eigenvalue weighted by atomic mass is 10.2. The summed E-state index contributed by atoms with van der Waals surface area (Å²) >= 11 is 11.9. The largest absolute Gasteiger partial charge is 0.384 e. The minimum atomic E-state index is -4.10. The molecular weight excluding hydrogens is 433 g/mol. The summed E-state index contributed by atoms with van der Waals surface area (Å²) in [5, 5.41) is 3.19. The molecule has 11 heteroatoms. The molecule has 0 aliphatic carbocycles. The third-order valence-corrected chi connectivity index (χ3v) is 7.46. The maximum absolute atomic E-state index is 12.8. The number of nitrogens with one attached hydrogen (secondary N) is 2. The van der Waals surface area contributed by atoms with E-state index >= 15 is 0 Å². The maximum Gasteiger partial charge on any atom is 0.263 e. The van der Waals surface area contributed by atoms with Crippen LogP contribution in [0.25, 0.3) is 0 Å². The van der Waals surface area contributed by atoms with Crippen LogP contribution in [-0.2, 0) is 20.0 Å². The van der Waals surface area contributed by atoms with E-state index in [1.54, 1.807) is 0 Å². The molecule has 148 valence electrons. The second-order valence-corrected chi connectivity index (χ2v) is 10.4. The molecule has 0 radical (unpaired) electrons. The molecule has 27 heavy (non-hydrogen) atoms. The average Bonchev–Trinajstić information content (AvgIpc) is 2.58. The zero-order valence-corrected chi connectivity index (χ0v) is 18.0. The molecule has 0 spiro atoms. The number of benzene rings is 2. The molecule has 0 saturated heterocycles. The van der Waals surface area contributed by atoms with E-state index in [1.165, 1.54) is 50.5 Å². The molecule has 2 N–H and O–H groups in total. The van der Waals surface area contributed by atoms with Gasteiger partial charge in [-0.15, -0.1) is 0 Å². The van der Waals surface area contributed by atoms with Crippen LogP contribution in [0.3, 0.4) is 0 Å². The van der Waals surface area contributed by atoms with E-state index in [2.05, 4.69) is 10.0 Å². The van der Waals surface area contributed by atoms with Gasteiger partial charge >= 0.3 is 0 Å². The van der Waals surface area contributed by atoms with Gasteiger partial charge in [0.2, 0.25) is 10.0 Å². The fraction of sp³-hybridized carbons (Fsp3) is 0.250. The van der Waals surface area contributed by atoms with Crippen molar-refractivity contribution in [1.29, 1.82) is 0 Å². The van der Waals surface area contributed by atoms with E-state index in [9.17, 15) is 16.8 Å². The number of halogens is 2. The second-order valence-electron chi connectivity index (χ2n) is 5.71. The second kappa shape index (κ2) is 8.24. The molecule has 0 fully saturated rings. The van der Waals surface area contributed by atoms with Crippen LogP contribution in [0.2, 0.25) is 10.0 Å². The Morgan fingerprint density at radius 1 is 0.963 bits per heavy atom. The Bertz CT molecular complexity index is 1060. The van der Waals surface area contributed by atoms with Gasteiger partial charge in [0, 0.05) is 25.7 Å². The summed E-state index contributed by atoms with van der Waals surface area (Å²) in [5.74, 6) is 0. The van der Waals surface area contributed by atoms with Crippen molar-refractivity contribution in [2.45, 2.75) is 16.7 Å². The molecule has 0 amide bonds. The normalized spacial score (nSPS) is 12.2. The molecule has 0 aromatic heterocycles. The molecule has 0 bridgehead atoms. The molecule has 0 unspecified atom stereocenters. The van der Waals surface area contributed by atoms with Crippen molar-refractivity contribution >= 4 is 54.6 Å². The van der Waals surface area contributed by atoms with Crippen molar-refractivity contribution in [3.63, 3.8) is 0 Å². The molecule has 0 aliphatic heterocycles. The molecule has 2 rings (SSSR count). The highest BCUT2D eigenvalue weighted by Crippen LogP contribution is 2.31. The van der Waals surface area contributed by atoms with Crippen molar-refractivity contribution < 1.29 is 16.8 Å². The molecule has 0 atom stereocenters. The van der Waals surface area contributed by atoms with Crippen molar-refractivity contribution in [2.75, 3.05) is 30.7 Å². The predicted octanol–water partition coefficient (Wildman–Crippen LogP) is 3.48. The zero-order chi connectivity index (χ0) is 20.4. The molecule has 0 heterocycles. The van der Waals surface area contributed by atoms with Crippen LogP contribution >= 0.6 is 23.2 Å². The van der Waals surface area contributed by atoms with Gasteiger partial charge in [-0.25, -0.2) is 21.1 Å². The van der Waals surface area contributed by atoms with Gasteiger partial charge in [0.25, 0.3) is 10.0 Å². The summed E-state index contributed by atoms with van der Waals surface area (Å²) in [6, 6.07) is 8.21. The van der Waals surface area contributed by atoms with Crippen molar-refractivity contribution in [1.82, 2.24) is 4.31 Å². The third kappa shape index (κ3) is 4.85. The number of hydrogen-bond donors (Lipinski definition) is 2. The van der Waals surface area contributed by atoms with E-state index in [-0.39, 0.29) is 25.5 Å². The molecule has 0 aliphatic rings. The van der Waals surface area contributed by atoms with Crippen LogP contribution in [0, 0.1) is 0 Å². The smallest absolute Gasteiger partial charge is 0.263 e. The molecule has 0 saturated carbocycles. The van der Waals surface area contributed by atoms with E-state index in [0.29, 0.717) is 12.2 Å². The number of nitrogens with zero attached hydrogens (tertiary/aromatic N) is 1. The molecular formula is C16H19Cl2N3O4S2. The van der Waals surface area contributed by atoms with Crippen LogP contribution in [0.4, 0.5) is 11.4 Å². The summed E-state index contributed by atoms with van der Waals surface area (Å²) in [4.78, 5) is -0.260. The number of sulfonamides is 2. The quantitative estimate of drug-likeness (QED) is 0.671. The van der Waals surface area contributed by atoms with Crippen LogP contribution in [0.15, 0.2) is 46.2 Å². The Balaban J connectivity index is 2.57. The summed E-state index contributed by atoms with van der Waals surface area (Å²) in [7, 11) is -5.06. The Morgan fingerprint density at radius 2 is 1.63 bits per heavy atom. The van der Waals surface area contributed by atoms with Crippen molar-refractivity contribution in [2.24, 2.45) is 0 Å². The standard InChI is InChI=1S/C16H19Cl2N3O4S2/c1-4-19-14-8-6-12(27(24,25)21(2)3)10-15(14)20-26(22,23)16-9-11(17)5-7-13(16)18/h5-10,19-20H,4H2,1-3H3. The van der Waals surface area contributed by atoms with Crippen molar-refractivity contribution in [3.8, 4) is 0 Å². The Labute approximate surface area is 169 Å². The lowest BCUT2D eigenvalue weighted by Crippen LogP contribution is -2.23. The maximum atomic E-state index is 12.8. The van der Waals surface area contributed by atoms with E-state index in [4.69, 9.17) is 23.2 Å². The summed E-state index contributed by atoms with van der Waals surface area (Å²) in [5.41, 5.74) is 0.507. The van der Waals surface area contributed by atoms with E-state index in [1.807, 2.05) is 6.92 Å². The fourth-order valence-electron chi connectivity index (χ4n) is 2.21. The fourth-order valence-corrected chi connectivity index (χ4v) is 4.97. The number of anilines is 2. The number of hydrogen-bond acceptors (Lipinski definition) is 5. The minimum absolute atomic E-state index is 0.00558. The highest BCUT2D eigenvalue weighted by Gasteiger charge is 2.23. The van der Waals surface area contributed by atoms with Gasteiger partial charge in [-0.05, 0) is 43.3 Å². The SMILES string of the molecule is CCNc1ccc(S(=O)(=O)N(C)C)cc1NS(=O)(=O)c1cc(Cl)ccc1Cl. The van der Waals surface area contributed by atoms with Gasteiger partial charge in [-0.3, -0.25) is 4.72 Å². The Kier molecular flexibility index (Phi) is 6.64. The third-order valence-electron chi connectivity index (χ3n) is 3.56. The average molecular weight is 452 g/mol. The number of rotatable bonds is 7. The first kappa shape index (κ1) is 21.8.